The van der Waals surface area contributed by atoms with Crippen LogP contribution in [0.15, 0.2) is 0 Å². The Bertz CT molecular complexity index is 167. The van der Waals surface area contributed by atoms with E-state index in [0.717, 1.165) is 39.3 Å². The average Bonchev–Trinajstić information content (AvgIpc) is 2.76. The second-order valence-corrected chi connectivity index (χ2v) is 4.63. The summed E-state index contributed by atoms with van der Waals surface area (Å²) < 4.78 is 11.5. The van der Waals surface area contributed by atoms with Crippen LogP contribution in [-0.2, 0) is 9.47 Å². The van der Waals surface area contributed by atoms with Crippen LogP contribution in [0.2, 0.25) is 0 Å². The second kappa shape index (κ2) is 8.04. The van der Waals surface area contributed by atoms with Crippen molar-refractivity contribution in [3.05, 3.63) is 0 Å². The standard InChI is InChI=1S/C13H27NO2/c1-3-9-15-10-11-16-13(12-14-4-2)7-5-6-8-13/h14H,3-12H2,1-2H3. The Morgan fingerprint density at radius 2 is 1.81 bits per heavy atom. The first-order valence-electron chi connectivity index (χ1n) is 6.75. The van der Waals surface area contributed by atoms with Crippen LogP contribution in [0.3, 0.4) is 0 Å². The van der Waals surface area contributed by atoms with Crippen molar-refractivity contribution in [3.8, 4) is 0 Å². The van der Waals surface area contributed by atoms with E-state index in [4.69, 9.17) is 9.47 Å². The second-order valence-electron chi connectivity index (χ2n) is 4.63. The molecule has 3 heteroatoms. The van der Waals surface area contributed by atoms with Crippen molar-refractivity contribution >= 4 is 0 Å². The van der Waals surface area contributed by atoms with Gasteiger partial charge in [0, 0.05) is 13.2 Å². The van der Waals surface area contributed by atoms with Gasteiger partial charge in [0.2, 0.25) is 0 Å². The highest BCUT2D eigenvalue weighted by Crippen LogP contribution is 2.32. The van der Waals surface area contributed by atoms with Crippen molar-refractivity contribution in [3.63, 3.8) is 0 Å². The Morgan fingerprint density at radius 1 is 1.06 bits per heavy atom. The van der Waals surface area contributed by atoms with Gasteiger partial charge in [-0.3, -0.25) is 0 Å². The number of rotatable bonds is 9. The minimum absolute atomic E-state index is 0.103. The van der Waals surface area contributed by atoms with E-state index in [9.17, 15) is 0 Å². The van der Waals surface area contributed by atoms with Crippen molar-refractivity contribution in [2.45, 2.75) is 51.6 Å². The van der Waals surface area contributed by atoms with E-state index in [1.54, 1.807) is 0 Å². The molecule has 0 aromatic carbocycles. The molecule has 96 valence electrons. The third-order valence-corrected chi connectivity index (χ3v) is 3.20. The fourth-order valence-corrected chi connectivity index (χ4v) is 2.31. The quantitative estimate of drug-likeness (QED) is 0.616. The SMILES string of the molecule is CCCOCCOC1(CNCC)CCCC1. The summed E-state index contributed by atoms with van der Waals surface area (Å²) >= 11 is 0. The normalized spacial score (nSPS) is 19.1. The maximum absolute atomic E-state index is 6.05. The van der Waals surface area contributed by atoms with Crippen LogP contribution >= 0.6 is 0 Å². The van der Waals surface area contributed by atoms with Gasteiger partial charge in [-0.05, 0) is 25.8 Å². The zero-order valence-corrected chi connectivity index (χ0v) is 10.9. The largest absolute Gasteiger partial charge is 0.379 e. The summed E-state index contributed by atoms with van der Waals surface area (Å²) in [6.45, 7) is 8.63. The maximum Gasteiger partial charge on any atom is 0.0807 e. The number of nitrogens with one attached hydrogen (secondary N) is 1. The molecule has 0 heterocycles. The fraction of sp³-hybridized carbons (Fsp3) is 1.00. The molecule has 0 saturated heterocycles. The molecule has 16 heavy (non-hydrogen) atoms. The summed E-state index contributed by atoms with van der Waals surface area (Å²) in [6.07, 6.45) is 6.10. The molecule has 1 N–H and O–H groups in total. The van der Waals surface area contributed by atoms with Gasteiger partial charge >= 0.3 is 0 Å². The molecule has 3 nitrogen and oxygen atoms in total. The van der Waals surface area contributed by atoms with Crippen LogP contribution in [0.25, 0.3) is 0 Å². The van der Waals surface area contributed by atoms with Gasteiger partial charge in [0.25, 0.3) is 0 Å². The number of likely N-dealkylation sites (N-methyl/N-ethyl adjacent to an activating group) is 1. The van der Waals surface area contributed by atoms with E-state index in [2.05, 4.69) is 19.2 Å². The molecule has 1 aliphatic carbocycles. The lowest BCUT2D eigenvalue weighted by Crippen LogP contribution is -2.41. The predicted octanol–water partition coefficient (Wildman–Crippen LogP) is 2.35. The highest BCUT2D eigenvalue weighted by Gasteiger charge is 2.34. The van der Waals surface area contributed by atoms with Crippen LogP contribution in [0.4, 0.5) is 0 Å². The van der Waals surface area contributed by atoms with Crippen LogP contribution in [0.5, 0.6) is 0 Å². The van der Waals surface area contributed by atoms with Crippen LogP contribution in [0, 0.1) is 0 Å². The minimum atomic E-state index is 0.103. The Balaban J connectivity index is 2.17. The summed E-state index contributed by atoms with van der Waals surface area (Å²) in [7, 11) is 0. The summed E-state index contributed by atoms with van der Waals surface area (Å²) in [5.74, 6) is 0. The van der Waals surface area contributed by atoms with Gasteiger partial charge < -0.3 is 14.8 Å². The number of ether oxygens (including phenoxy) is 2. The van der Waals surface area contributed by atoms with E-state index in [0.29, 0.717) is 0 Å². The Hall–Kier alpha value is -0.120. The lowest BCUT2D eigenvalue weighted by atomic mass is 10.0. The van der Waals surface area contributed by atoms with E-state index in [1.165, 1.54) is 25.7 Å². The molecule has 0 amide bonds. The highest BCUT2D eigenvalue weighted by molar-refractivity contribution is 4.88. The predicted molar refractivity (Wildman–Crippen MR) is 66.8 cm³/mol. The zero-order valence-electron chi connectivity index (χ0n) is 10.9. The van der Waals surface area contributed by atoms with E-state index < -0.39 is 0 Å². The lowest BCUT2D eigenvalue weighted by molar-refractivity contribution is -0.0622. The monoisotopic (exact) mass is 229 g/mol. The highest BCUT2D eigenvalue weighted by atomic mass is 16.5. The molecular formula is C13H27NO2. The average molecular weight is 229 g/mol. The smallest absolute Gasteiger partial charge is 0.0807 e. The molecule has 1 rings (SSSR count). The Labute approximate surface area is 99.9 Å². The van der Waals surface area contributed by atoms with Gasteiger partial charge in [-0.1, -0.05) is 26.7 Å². The summed E-state index contributed by atoms with van der Waals surface area (Å²) in [5.41, 5.74) is 0.103. The van der Waals surface area contributed by atoms with Gasteiger partial charge in [-0.15, -0.1) is 0 Å². The Morgan fingerprint density at radius 3 is 2.44 bits per heavy atom. The molecule has 0 radical (unpaired) electrons. The van der Waals surface area contributed by atoms with E-state index in [1.807, 2.05) is 0 Å². The van der Waals surface area contributed by atoms with Crippen LogP contribution < -0.4 is 5.32 Å². The van der Waals surface area contributed by atoms with Crippen molar-refractivity contribution in [2.24, 2.45) is 0 Å². The summed E-state index contributed by atoms with van der Waals surface area (Å²) in [6, 6.07) is 0. The molecule has 0 unspecified atom stereocenters. The molecule has 1 fully saturated rings. The minimum Gasteiger partial charge on any atom is -0.379 e. The van der Waals surface area contributed by atoms with Crippen LogP contribution in [0.1, 0.15) is 46.0 Å². The Kier molecular flexibility index (Phi) is 7.01. The van der Waals surface area contributed by atoms with E-state index >= 15 is 0 Å². The zero-order chi connectivity index (χ0) is 11.7. The summed E-state index contributed by atoms with van der Waals surface area (Å²) in [4.78, 5) is 0. The fourth-order valence-electron chi connectivity index (χ4n) is 2.31. The summed E-state index contributed by atoms with van der Waals surface area (Å²) in [5, 5.41) is 3.42. The first-order valence-corrected chi connectivity index (χ1v) is 6.75. The van der Waals surface area contributed by atoms with E-state index in [-0.39, 0.29) is 5.60 Å². The first-order chi connectivity index (χ1) is 7.83. The van der Waals surface area contributed by atoms with Crippen molar-refractivity contribution < 1.29 is 9.47 Å². The molecule has 0 spiro atoms. The van der Waals surface area contributed by atoms with Gasteiger partial charge in [-0.2, -0.15) is 0 Å². The lowest BCUT2D eigenvalue weighted by Gasteiger charge is -2.29. The first kappa shape index (κ1) is 13.9. The molecule has 0 aromatic rings. The maximum atomic E-state index is 6.05. The van der Waals surface area contributed by atoms with Gasteiger partial charge in [0.05, 0.1) is 18.8 Å². The van der Waals surface area contributed by atoms with Crippen molar-refractivity contribution in [1.29, 1.82) is 0 Å². The topological polar surface area (TPSA) is 30.5 Å². The van der Waals surface area contributed by atoms with Crippen LogP contribution in [-0.4, -0.2) is 38.5 Å². The molecule has 0 bridgehead atoms. The molecule has 0 aromatic heterocycles. The van der Waals surface area contributed by atoms with Gasteiger partial charge in [-0.25, -0.2) is 0 Å². The van der Waals surface area contributed by atoms with Crippen molar-refractivity contribution in [2.75, 3.05) is 32.9 Å². The third kappa shape index (κ3) is 4.81. The molecule has 0 atom stereocenters. The molecule has 0 aliphatic heterocycles. The number of hydrogen-bond acceptors (Lipinski definition) is 3. The van der Waals surface area contributed by atoms with Crippen molar-refractivity contribution in [1.82, 2.24) is 5.32 Å². The molecular weight excluding hydrogens is 202 g/mol. The molecule has 1 aliphatic rings. The third-order valence-electron chi connectivity index (χ3n) is 3.20. The molecule has 1 saturated carbocycles. The van der Waals surface area contributed by atoms with Gasteiger partial charge in [0.15, 0.2) is 0 Å². The van der Waals surface area contributed by atoms with Gasteiger partial charge in [0.1, 0.15) is 0 Å². The number of hydrogen-bond donors (Lipinski definition) is 1.